The van der Waals surface area contributed by atoms with Gasteiger partial charge in [-0.05, 0) is 24.6 Å². The van der Waals surface area contributed by atoms with Crippen molar-refractivity contribution < 1.29 is 4.74 Å². The van der Waals surface area contributed by atoms with Crippen molar-refractivity contribution in [2.75, 3.05) is 13.2 Å². The number of nitrogens with two attached hydrogens (primary N) is 1. The van der Waals surface area contributed by atoms with Gasteiger partial charge in [0, 0.05) is 6.54 Å². The van der Waals surface area contributed by atoms with Crippen LogP contribution in [0.4, 0.5) is 0 Å². The van der Waals surface area contributed by atoms with Gasteiger partial charge < -0.3 is 10.5 Å². The highest BCUT2D eigenvalue weighted by atomic mass is 16.5. The first-order valence-electron chi connectivity index (χ1n) is 4.11. The van der Waals surface area contributed by atoms with E-state index in [1.165, 1.54) is 0 Å². The molecule has 0 unspecified atom stereocenters. The molecule has 0 amide bonds. The second kappa shape index (κ2) is 4.48. The predicted octanol–water partition coefficient (Wildman–Crippen LogP) is 1.20. The Balaban J connectivity index is 2.88. The molecule has 1 rings (SSSR count). The Hall–Kier alpha value is -1.53. The average molecular weight is 176 g/mol. The lowest BCUT2D eigenvalue weighted by Crippen LogP contribution is -2.11. The molecule has 0 spiro atoms. The molecule has 0 saturated carbocycles. The minimum atomic E-state index is 0.442. The van der Waals surface area contributed by atoms with Crippen molar-refractivity contribution >= 4 is 0 Å². The van der Waals surface area contributed by atoms with Crippen LogP contribution in [0.1, 0.15) is 11.1 Å². The first-order valence-corrected chi connectivity index (χ1v) is 4.11. The largest absolute Gasteiger partial charge is 0.491 e. The Morgan fingerprint density at radius 3 is 2.92 bits per heavy atom. The highest BCUT2D eigenvalue weighted by molar-refractivity contribution is 5.45. The highest BCUT2D eigenvalue weighted by Crippen LogP contribution is 2.18. The van der Waals surface area contributed by atoms with Crippen LogP contribution in [0.15, 0.2) is 18.2 Å². The Labute approximate surface area is 77.7 Å². The Bertz CT molecular complexity index is 328. The van der Waals surface area contributed by atoms with Crippen LogP contribution in [0.5, 0.6) is 5.75 Å². The maximum absolute atomic E-state index is 8.78. The molecule has 3 heteroatoms. The number of hydrogen-bond acceptors (Lipinski definition) is 3. The number of nitrogens with zero attached hydrogens (tertiary/aromatic N) is 1. The molecule has 2 N–H and O–H groups in total. The standard InChI is InChI=1S/C10H12N2O/c1-8-2-3-10(13-5-4-11)9(6-8)7-12/h2-3,6H,4-5,11H2,1H3. The SMILES string of the molecule is Cc1ccc(OCCN)c(C#N)c1. The van der Waals surface area contributed by atoms with Gasteiger partial charge in [-0.3, -0.25) is 0 Å². The van der Waals surface area contributed by atoms with E-state index in [0.29, 0.717) is 24.5 Å². The Morgan fingerprint density at radius 2 is 2.31 bits per heavy atom. The fourth-order valence-corrected chi connectivity index (χ4v) is 1.03. The topological polar surface area (TPSA) is 59.0 Å². The molecule has 1 aromatic rings. The number of nitriles is 1. The summed E-state index contributed by atoms with van der Waals surface area (Å²) in [5, 5.41) is 8.78. The predicted molar refractivity (Wildman–Crippen MR) is 50.4 cm³/mol. The van der Waals surface area contributed by atoms with Crippen molar-refractivity contribution in [3.63, 3.8) is 0 Å². The zero-order chi connectivity index (χ0) is 9.68. The first-order chi connectivity index (χ1) is 6.27. The summed E-state index contributed by atoms with van der Waals surface area (Å²) < 4.78 is 5.28. The molecule has 0 radical (unpaired) electrons. The van der Waals surface area contributed by atoms with E-state index in [4.69, 9.17) is 15.7 Å². The van der Waals surface area contributed by atoms with Crippen LogP contribution in [0.3, 0.4) is 0 Å². The van der Waals surface area contributed by atoms with E-state index >= 15 is 0 Å². The molecule has 0 aliphatic rings. The van der Waals surface area contributed by atoms with Crippen molar-refractivity contribution in [2.45, 2.75) is 6.92 Å². The molecule has 68 valence electrons. The van der Waals surface area contributed by atoms with Gasteiger partial charge in [0.2, 0.25) is 0 Å². The quantitative estimate of drug-likeness (QED) is 0.752. The average Bonchev–Trinajstić information content (AvgIpc) is 2.16. The third-order valence-corrected chi connectivity index (χ3v) is 1.63. The van der Waals surface area contributed by atoms with Crippen LogP contribution in [0.2, 0.25) is 0 Å². The lowest BCUT2D eigenvalue weighted by atomic mass is 10.1. The van der Waals surface area contributed by atoms with E-state index in [1.807, 2.05) is 13.0 Å². The molecule has 0 aliphatic carbocycles. The summed E-state index contributed by atoms with van der Waals surface area (Å²) in [5.74, 6) is 0.610. The van der Waals surface area contributed by atoms with Gasteiger partial charge >= 0.3 is 0 Å². The van der Waals surface area contributed by atoms with E-state index < -0.39 is 0 Å². The fourth-order valence-electron chi connectivity index (χ4n) is 1.03. The summed E-state index contributed by atoms with van der Waals surface area (Å²) in [6.45, 7) is 2.84. The second-order valence-corrected chi connectivity index (χ2v) is 2.75. The van der Waals surface area contributed by atoms with Gasteiger partial charge in [-0.25, -0.2) is 0 Å². The molecule has 0 heterocycles. The van der Waals surface area contributed by atoms with E-state index in [1.54, 1.807) is 12.1 Å². The van der Waals surface area contributed by atoms with Gasteiger partial charge in [0.15, 0.2) is 0 Å². The van der Waals surface area contributed by atoms with Crippen LogP contribution in [0.25, 0.3) is 0 Å². The van der Waals surface area contributed by atoms with E-state index in [2.05, 4.69) is 6.07 Å². The number of rotatable bonds is 3. The molecular formula is C10H12N2O. The summed E-state index contributed by atoms with van der Waals surface area (Å²) in [7, 11) is 0. The van der Waals surface area contributed by atoms with E-state index in [-0.39, 0.29) is 0 Å². The molecule has 0 aromatic heterocycles. The number of benzene rings is 1. The summed E-state index contributed by atoms with van der Waals surface area (Å²) in [4.78, 5) is 0. The summed E-state index contributed by atoms with van der Waals surface area (Å²) in [6, 6.07) is 7.58. The van der Waals surface area contributed by atoms with Gasteiger partial charge in [0.25, 0.3) is 0 Å². The molecule has 0 fully saturated rings. The van der Waals surface area contributed by atoms with Gasteiger partial charge in [-0.15, -0.1) is 0 Å². The van der Waals surface area contributed by atoms with Crippen LogP contribution >= 0.6 is 0 Å². The van der Waals surface area contributed by atoms with Crippen molar-refractivity contribution in [3.8, 4) is 11.8 Å². The zero-order valence-electron chi connectivity index (χ0n) is 7.58. The first kappa shape index (κ1) is 9.56. The third kappa shape index (κ3) is 2.46. The third-order valence-electron chi connectivity index (χ3n) is 1.63. The second-order valence-electron chi connectivity index (χ2n) is 2.75. The van der Waals surface area contributed by atoms with Crippen molar-refractivity contribution in [3.05, 3.63) is 29.3 Å². The molecule has 1 aromatic carbocycles. The van der Waals surface area contributed by atoms with Crippen LogP contribution in [-0.4, -0.2) is 13.2 Å². The minimum Gasteiger partial charge on any atom is -0.491 e. The normalized spacial score (nSPS) is 9.31. The summed E-state index contributed by atoms with van der Waals surface area (Å²) >= 11 is 0. The van der Waals surface area contributed by atoms with Gasteiger partial charge in [-0.2, -0.15) is 5.26 Å². The molecule has 0 saturated heterocycles. The maximum Gasteiger partial charge on any atom is 0.137 e. The highest BCUT2D eigenvalue weighted by Gasteiger charge is 2.01. The number of hydrogen-bond donors (Lipinski definition) is 1. The molecule has 0 atom stereocenters. The minimum absolute atomic E-state index is 0.442. The lowest BCUT2D eigenvalue weighted by Gasteiger charge is -2.06. The summed E-state index contributed by atoms with van der Waals surface area (Å²) in [6.07, 6.45) is 0. The number of ether oxygens (including phenoxy) is 1. The Morgan fingerprint density at radius 1 is 1.54 bits per heavy atom. The van der Waals surface area contributed by atoms with E-state index in [0.717, 1.165) is 5.56 Å². The van der Waals surface area contributed by atoms with Crippen molar-refractivity contribution in [1.29, 1.82) is 5.26 Å². The maximum atomic E-state index is 8.78. The smallest absolute Gasteiger partial charge is 0.137 e. The van der Waals surface area contributed by atoms with Crippen molar-refractivity contribution in [1.82, 2.24) is 0 Å². The molecule has 0 aliphatic heterocycles. The van der Waals surface area contributed by atoms with E-state index in [9.17, 15) is 0 Å². The number of aryl methyl sites for hydroxylation is 1. The lowest BCUT2D eigenvalue weighted by molar-refractivity contribution is 0.327. The van der Waals surface area contributed by atoms with Gasteiger partial charge in [0.1, 0.15) is 18.4 Å². The van der Waals surface area contributed by atoms with Gasteiger partial charge in [-0.1, -0.05) is 6.07 Å². The molecule has 0 bridgehead atoms. The van der Waals surface area contributed by atoms with Crippen molar-refractivity contribution in [2.24, 2.45) is 5.73 Å². The van der Waals surface area contributed by atoms with Crippen LogP contribution < -0.4 is 10.5 Å². The Kier molecular flexibility index (Phi) is 3.30. The molecule has 13 heavy (non-hydrogen) atoms. The monoisotopic (exact) mass is 176 g/mol. The summed E-state index contributed by atoms with van der Waals surface area (Å²) in [5.41, 5.74) is 6.91. The molecular weight excluding hydrogens is 164 g/mol. The molecule has 3 nitrogen and oxygen atoms in total. The zero-order valence-corrected chi connectivity index (χ0v) is 7.58. The van der Waals surface area contributed by atoms with Crippen LogP contribution in [-0.2, 0) is 0 Å². The van der Waals surface area contributed by atoms with Crippen LogP contribution in [0, 0.1) is 18.3 Å². The van der Waals surface area contributed by atoms with Gasteiger partial charge in [0.05, 0.1) is 5.56 Å². The fraction of sp³-hybridized carbons (Fsp3) is 0.300.